The highest BCUT2D eigenvalue weighted by Crippen LogP contribution is 2.35. The van der Waals surface area contributed by atoms with Gasteiger partial charge in [-0.3, -0.25) is 0 Å². The second-order valence-corrected chi connectivity index (χ2v) is 6.09. The van der Waals surface area contributed by atoms with Crippen LogP contribution in [0.4, 0.5) is 0 Å². The van der Waals surface area contributed by atoms with Gasteiger partial charge >= 0.3 is 0 Å². The first kappa shape index (κ1) is 13.4. The summed E-state index contributed by atoms with van der Waals surface area (Å²) >= 11 is 0. The highest BCUT2D eigenvalue weighted by Gasteiger charge is 2.32. The second-order valence-electron chi connectivity index (χ2n) is 6.09. The fourth-order valence-corrected chi connectivity index (χ4v) is 3.81. The molecule has 1 heterocycles. The van der Waals surface area contributed by atoms with Crippen LogP contribution < -0.4 is 5.32 Å². The molecular weight excluding hydrogens is 210 g/mol. The Morgan fingerprint density at radius 2 is 2.00 bits per heavy atom. The second kappa shape index (κ2) is 6.75. The van der Waals surface area contributed by atoms with E-state index in [1.54, 1.807) is 0 Å². The third-order valence-electron chi connectivity index (χ3n) is 4.63. The summed E-state index contributed by atoms with van der Waals surface area (Å²) in [7, 11) is 0. The predicted octanol–water partition coefficient (Wildman–Crippen LogP) is 3.22. The molecule has 0 radical (unpaired) electrons. The first-order chi connectivity index (χ1) is 8.31. The molecule has 0 aromatic rings. The molecule has 100 valence electrons. The number of rotatable bonds is 4. The maximum absolute atomic E-state index is 5.69. The van der Waals surface area contributed by atoms with Crippen LogP contribution in [0.2, 0.25) is 0 Å². The smallest absolute Gasteiger partial charge is 0.0509 e. The lowest BCUT2D eigenvalue weighted by Gasteiger charge is -2.39. The van der Waals surface area contributed by atoms with Gasteiger partial charge in [-0.25, -0.2) is 0 Å². The van der Waals surface area contributed by atoms with Crippen molar-refractivity contribution >= 4 is 0 Å². The summed E-state index contributed by atoms with van der Waals surface area (Å²) in [4.78, 5) is 0. The third kappa shape index (κ3) is 3.69. The molecule has 0 amide bonds. The molecule has 17 heavy (non-hydrogen) atoms. The largest absolute Gasteiger partial charge is 0.381 e. The summed E-state index contributed by atoms with van der Waals surface area (Å²) in [5.41, 5.74) is 0. The molecule has 4 unspecified atom stereocenters. The molecule has 4 atom stereocenters. The van der Waals surface area contributed by atoms with E-state index >= 15 is 0 Å². The van der Waals surface area contributed by atoms with Gasteiger partial charge in [-0.05, 0) is 50.0 Å². The van der Waals surface area contributed by atoms with Crippen LogP contribution >= 0.6 is 0 Å². The molecule has 2 heteroatoms. The molecule has 1 N–H and O–H groups in total. The molecule has 1 aliphatic carbocycles. The average molecular weight is 239 g/mol. The number of hydrogen-bond acceptors (Lipinski definition) is 2. The zero-order valence-electron chi connectivity index (χ0n) is 11.6. The molecule has 2 rings (SSSR count). The quantitative estimate of drug-likeness (QED) is 0.813. The van der Waals surface area contributed by atoms with E-state index in [2.05, 4.69) is 19.2 Å². The number of hydrogen-bond donors (Lipinski definition) is 1. The van der Waals surface area contributed by atoms with E-state index < -0.39 is 0 Å². The first-order valence-corrected chi connectivity index (χ1v) is 7.62. The standard InChI is InChI=1S/C15H29NO/c1-3-16-15(14-8-5-9-17-11-14)13-7-4-6-12(2)10-13/h12-16H,3-11H2,1-2H3. The highest BCUT2D eigenvalue weighted by molar-refractivity contribution is 4.87. The van der Waals surface area contributed by atoms with Gasteiger partial charge in [0.25, 0.3) is 0 Å². The molecule has 0 aromatic carbocycles. The van der Waals surface area contributed by atoms with Crippen molar-refractivity contribution in [3.8, 4) is 0 Å². The van der Waals surface area contributed by atoms with Gasteiger partial charge in [0, 0.05) is 12.6 Å². The minimum atomic E-state index is 0.711. The van der Waals surface area contributed by atoms with Crippen molar-refractivity contribution in [1.82, 2.24) is 5.32 Å². The Bertz CT molecular complexity index is 213. The van der Waals surface area contributed by atoms with Gasteiger partial charge in [-0.15, -0.1) is 0 Å². The Hall–Kier alpha value is -0.0800. The van der Waals surface area contributed by atoms with Crippen LogP contribution in [0, 0.1) is 17.8 Å². The van der Waals surface area contributed by atoms with Crippen LogP contribution in [0.3, 0.4) is 0 Å². The van der Waals surface area contributed by atoms with Crippen LogP contribution in [-0.4, -0.2) is 25.8 Å². The van der Waals surface area contributed by atoms with Gasteiger partial charge in [0.15, 0.2) is 0 Å². The van der Waals surface area contributed by atoms with Crippen LogP contribution in [0.15, 0.2) is 0 Å². The Kier molecular flexibility index (Phi) is 5.30. The van der Waals surface area contributed by atoms with Gasteiger partial charge in [-0.1, -0.05) is 26.7 Å². The minimum absolute atomic E-state index is 0.711. The molecule has 1 saturated heterocycles. The van der Waals surface area contributed by atoms with E-state index in [0.29, 0.717) is 6.04 Å². The maximum Gasteiger partial charge on any atom is 0.0509 e. The fourth-order valence-electron chi connectivity index (χ4n) is 3.81. The zero-order chi connectivity index (χ0) is 12.1. The minimum Gasteiger partial charge on any atom is -0.381 e. The van der Waals surface area contributed by atoms with Gasteiger partial charge in [0.2, 0.25) is 0 Å². The molecule has 0 spiro atoms. The molecule has 1 aliphatic heterocycles. The Morgan fingerprint density at radius 3 is 2.65 bits per heavy atom. The predicted molar refractivity (Wildman–Crippen MR) is 72.1 cm³/mol. The van der Waals surface area contributed by atoms with Crippen molar-refractivity contribution < 1.29 is 4.74 Å². The van der Waals surface area contributed by atoms with Gasteiger partial charge in [0.05, 0.1) is 6.61 Å². The summed E-state index contributed by atoms with van der Waals surface area (Å²) < 4.78 is 5.69. The zero-order valence-corrected chi connectivity index (χ0v) is 11.6. The van der Waals surface area contributed by atoms with Crippen molar-refractivity contribution in [2.24, 2.45) is 17.8 Å². The molecule has 0 aromatic heterocycles. The van der Waals surface area contributed by atoms with Crippen molar-refractivity contribution in [2.45, 2.75) is 58.4 Å². The van der Waals surface area contributed by atoms with Gasteiger partial charge < -0.3 is 10.1 Å². The SMILES string of the molecule is CCNC(C1CCCOC1)C1CCCC(C)C1. The normalized spacial score (nSPS) is 36.7. The van der Waals surface area contributed by atoms with E-state index in [1.165, 1.54) is 38.5 Å². The molecular formula is C15H29NO. The molecule has 1 saturated carbocycles. The van der Waals surface area contributed by atoms with Crippen LogP contribution in [0.25, 0.3) is 0 Å². The molecule has 2 nitrogen and oxygen atoms in total. The maximum atomic E-state index is 5.69. The van der Waals surface area contributed by atoms with E-state index in [9.17, 15) is 0 Å². The first-order valence-electron chi connectivity index (χ1n) is 7.62. The summed E-state index contributed by atoms with van der Waals surface area (Å²) in [6, 6.07) is 0.711. The summed E-state index contributed by atoms with van der Waals surface area (Å²) in [5.74, 6) is 2.59. The van der Waals surface area contributed by atoms with E-state index in [0.717, 1.165) is 37.5 Å². The summed E-state index contributed by atoms with van der Waals surface area (Å²) in [6.07, 6.45) is 8.35. The Morgan fingerprint density at radius 1 is 1.18 bits per heavy atom. The fraction of sp³-hybridized carbons (Fsp3) is 1.00. The lowest BCUT2D eigenvalue weighted by molar-refractivity contribution is 0.0223. The van der Waals surface area contributed by atoms with Crippen molar-refractivity contribution in [1.29, 1.82) is 0 Å². The molecule has 2 aliphatic rings. The topological polar surface area (TPSA) is 21.3 Å². The van der Waals surface area contributed by atoms with E-state index in [4.69, 9.17) is 4.74 Å². The average Bonchev–Trinajstić information content (AvgIpc) is 2.37. The molecule has 0 bridgehead atoms. The van der Waals surface area contributed by atoms with Crippen molar-refractivity contribution in [3.05, 3.63) is 0 Å². The lowest BCUT2D eigenvalue weighted by Crippen LogP contribution is -2.46. The van der Waals surface area contributed by atoms with Crippen molar-refractivity contribution in [3.63, 3.8) is 0 Å². The van der Waals surface area contributed by atoms with Crippen LogP contribution in [-0.2, 0) is 4.74 Å². The third-order valence-corrected chi connectivity index (χ3v) is 4.63. The lowest BCUT2D eigenvalue weighted by atomic mass is 9.74. The Balaban J connectivity index is 1.94. The highest BCUT2D eigenvalue weighted by atomic mass is 16.5. The van der Waals surface area contributed by atoms with Gasteiger partial charge in [-0.2, -0.15) is 0 Å². The monoisotopic (exact) mass is 239 g/mol. The van der Waals surface area contributed by atoms with Crippen LogP contribution in [0.5, 0.6) is 0 Å². The van der Waals surface area contributed by atoms with E-state index in [1.807, 2.05) is 0 Å². The number of nitrogens with one attached hydrogen (secondary N) is 1. The van der Waals surface area contributed by atoms with E-state index in [-0.39, 0.29) is 0 Å². The number of ether oxygens (including phenoxy) is 1. The Labute approximate surface area is 107 Å². The molecule has 2 fully saturated rings. The van der Waals surface area contributed by atoms with Crippen molar-refractivity contribution in [2.75, 3.05) is 19.8 Å². The van der Waals surface area contributed by atoms with Crippen LogP contribution in [0.1, 0.15) is 52.4 Å². The summed E-state index contributed by atoms with van der Waals surface area (Å²) in [6.45, 7) is 7.74. The van der Waals surface area contributed by atoms with Gasteiger partial charge in [0.1, 0.15) is 0 Å². The summed E-state index contributed by atoms with van der Waals surface area (Å²) in [5, 5.41) is 3.76.